The number of hydrogen-bond acceptors (Lipinski definition) is 3. The second-order valence-electron chi connectivity index (χ2n) is 5.74. The topological polar surface area (TPSA) is 49.4 Å². The van der Waals surface area contributed by atoms with Gasteiger partial charge in [-0.25, -0.2) is 0 Å². The van der Waals surface area contributed by atoms with Gasteiger partial charge in [0.05, 0.1) is 6.54 Å². The summed E-state index contributed by atoms with van der Waals surface area (Å²) >= 11 is 1.66. The second-order valence-corrected chi connectivity index (χ2v) is 6.77. The van der Waals surface area contributed by atoms with Crippen LogP contribution in [0.15, 0.2) is 41.8 Å². The monoisotopic (exact) mass is 328 g/mol. The van der Waals surface area contributed by atoms with Crippen molar-refractivity contribution in [3.05, 3.63) is 52.2 Å². The molecule has 23 heavy (non-hydrogen) atoms. The van der Waals surface area contributed by atoms with E-state index in [1.807, 2.05) is 29.3 Å². The molecule has 0 radical (unpaired) electrons. The van der Waals surface area contributed by atoms with Crippen LogP contribution in [-0.4, -0.2) is 23.3 Å². The molecule has 3 rings (SSSR count). The first kappa shape index (κ1) is 15.7. The summed E-state index contributed by atoms with van der Waals surface area (Å²) in [6.45, 7) is 3.28. The van der Waals surface area contributed by atoms with Gasteiger partial charge in [0, 0.05) is 28.6 Å². The van der Waals surface area contributed by atoms with Crippen LogP contribution in [0, 0.1) is 5.92 Å². The fourth-order valence-electron chi connectivity index (χ4n) is 2.39. The van der Waals surface area contributed by atoms with Gasteiger partial charge in [0.25, 0.3) is 5.91 Å². The molecule has 120 valence electrons. The Morgan fingerprint density at radius 1 is 1.22 bits per heavy atom. The molecule has 1 N–H and O–H groups in total. The molecule has 1 aliphatic rings. The molecular weight excluding hydrogens is 308 g/mol. The predicted molar refractivity (Wildman–Crippen MR) is 92.5 cm³/mol. The third kappa shape index (κ3) is 3.99. The number of carbonyl (C=O) groups excluding carboxylic acids is 2. The zero-order valence-corrected chi connectivity index (χ0v) is 13.9. The molecule has 1 aliphatic carbocycles. The number of hydrogen-bond donors (Lipinski definition) is 1. The molecule has 0 bridgehead atoms. The summed E-state index contributed by atoms with van der Waals surface area (Å²) in [5.74, 6) is 0.274. The number of nitrogens with one attached hydrogen (secondary N) is 1. The van der Waals surface area contributed by atoms with Gasteiger partial charge in [0.15, 0.2) is 0 Å². The van der Waals surface area contributed by atoms with Gasteiger partial charge in [-0.3, -0.25) is 9.59 Å². The average molecular weight is 328 g/mol. The van der Waals surface area contributed by atoms with Crippen molar-refractivity contribution in [2.75, 3.05) is 11.9 Å². The molecule has 0 aliphatic heterocycles. The average Bonchev–Trinajstić information content (AvgIpc) is 3.30. The summed E-state index contributed by atoms with van der Waals surface area (Å²) in [6, 6.07) is 11.2. The van der Waals surface area contributed by atoms with Gasteiger partial charge in [0.1, 0.15) is 0 Å². The summed E-state index contributed by atoms with van der Waals surface area (Å²) in [7, 11) is 0. The lowest BCUT2D eigenvalue weighted by Gasteiger charge is -2.20. The molecule has 0 atom stereocenters. The van der Waals surface area contributed by atoms with Crippen molar-refractivity contribution in [1.82, 2.24) is 4.90 Å². The maximum absolute atomic E-state index is 12.6. The first-order valence-electron chi connectivity index (χ1n) is 7.90. The Balaban J connectivity index is 1.64. The summed E-state index contributed by atoms with van der Waals surface area (Å²) in [5.41, 5.74) is 1.40. The minimum Gasteiger partial charge on any atom is -0.334 e. The van der Waals surface area contributed by atoms with Crippen molar-refractivity contribution in [1.29, 1.82) is 0 Å². The summed E-state index contributed by atoms with van der Waals surface area (Å²) in [4.78, 5) is 27.3. The van der Waals surface area contributed by atoms with Gasteiger partial charge in [0.2, 0.25) is 5.91 Å². The van der Waals surface area contributed by atoms with Gasteiger partial charge in [-0.05, 0) is 55.5 Å². The standard InChI is InChI=1S/C18H20N2O2S/c1-2-20(12-16-4-3-11-23-16)18(22)14-7-9-15(10-8-14)19-17(21)13-5-6-13/h3-4,7-11,13H,2,5-6,12H2,1H3,(H,19,21). The first-order valence-corrected chi connectivity index (χ1v) is 8.78. The Kier molecular flexibility index (Phi) is 4.76. The van der Waals surface area contributed by atoms with Crippen molar-refractivity contribution in [3.8, 4) is 0 Å². The van der Waals surface area contributed by atoms with E-state index in [-0.39, 0.29) is 17.7 Å². The molecule has 1 aromatic carbocycles. The smallest absolute Gasteiger partial charge is 0.254 e. The Labute approximate surface area is 140 Å². The van der Waals surface area contributed by atoms with E-state index >= 15 is 0 Å². The van der Waals surface area contributed by atoms with Crippen LogP contribution in [0.25, 0.3) is 0 Å². The number of benzene rings is 1. The molecular formula is C18H20N2O2S. The van der Waals surface area contributed by atoms with Crippen LogP contribution in [-0.2, 0) is 11.3 Å². The van der Waals surface area contributed by atoms with E-state index in [0.29, 0.717) is 18.7 Å². The lowest BCUT2D eigenvalue weighted by Crippen LogP contribution is -2.29. The van der Waals surface area contributed by atoms with E-state index in [1.165, 1.54) is 4.88 Å². The molecule has 4 nitrogen and oxygen atoms in total. The number of carbonyl (C=O) groups is 2. The fourth-order valence-corrected chi connectivity index (χ4v) is 3.11. The maximum atomic E-state index is 12.6. The molecule has 1 fully saturated rings. The van der Waals surface area contributed by atoms with Gasteiger partial charge in [-0.2, -0.15) is 0 Å². The molecule has 2 amide bonds. The Morgan fingerprint density at radius 3 is 2.52 bits per heavy atom. The van der Waals surface area contributed by atoms with Gasteiger partial charge in [-0.15, -0.1) is 11.3 Å². The molecule has 0 saturated heterocycles. The minimum absolute atomic E-state index is 0.0148. The molecule has 0 unspecified atom stereocenters. The van der Waals surface area contributed by atoms with E-state index in [2.05, 4.69) is 5.32 Å². The van der Waals surface area contributed by atoms with Crippen molar-refractivity contribution in [2.24, 2.45) is 5.92 Å². The molecule has 1 aromatic heterocycles. The van der Waals surface area contributed by atoms with E-state index in [9.17, 15) is 9.59 Å². The number of anilines is 1. The highest BCUT2D eigenvalue weighted by atomic mass is 32.1. The van der Waals surface area contributed by atoms with E-state index in [0.717, 1.165) is 18.5 Å². The van der Waals surface area contributed by atoms with Gasteiger partial charge < -0.3 is 10.2 Å². The fraction of sp³-hybridized carbons (Fsp3) is 0.333. The Hall–Kier alpha value is -2.14. The highest BCUT2D eigenvalue weighted by molar-refractivity contribution is 7.09. The van der Waals surface area contributed by atoms with Crippen molar-refractivity contribution in [2.45, 2.75) is 26.3 Å². The third-order valence-corrected chi connectivity index (χ3v) is 4.80. The lowest BCUT2D eigenvalue weighted by atomic mass is 10.1. The predicted octanol–water partition coefficient (Wildman–Crippen LogP) is 3.76. The van der Waals surface area contributed by atoms with Crippen LogP contribution in [0.1, 0.15) is 35.0 Å². The number of amides is 2. The summed E-state index contributed by atoms with van der Waals surface area (Å²) in [5, 5.41) is 4.91. The van der Waals surface area contributed by atoms with Crippen molar-refractivity contribution in [3.63, 3.8) is 0 Å². The molecule has 1 heterocycles. The Bertz CT molecular complexity index is 676. The second kappa shape index (κ2) is 6.96. The number of rotatable bonds is 6. The third-order valence-electron chi connectivity index (χ3n) is 3.94. The van der Waals surface area contributed by atoms with E-state index in [1.54, 1.807) is 35.6 Å². The van der Waals surface area contributed by atoms with E-state index < -0.39 is 0 Å². The van der Waals surface area contributed by atoms with Crippen molar-refractivity contribution < 1.29 is 9.59 Å². The van der Waals surface area contributed by atoms with Crippen LogP contribution in [0.5, 0.6) is 0 Å². The Morgan fingerprint density at radius 2 is 1.96 bits per heavy atom. The highest BCUT2D eigenvalue weighted by Gasteiger charge is 2.29. The SMILES string of the molecule is CCN(Cc1cccs1)C(=O)c1ccc(NC(=O)C2CC2)cc1. The molecule has 5 heteroatoms. The zero-order valence-electron chi connectivity index (χ0n) is 13.1. The first-order chi connectivity index (χ1) is 11.2. The van der Waals surface area contributed by atoms with Crippen LogP contribution in [0.2, 0.25) is 0 Å². The van der Waals surface area contributed by atoms with E-state index in [4.69, 9.17) is 0 Å². The van der Waals surface area contributed by atoms with Gasteiger partial charge >= 0.3 is 0 Å². The maximum Gasteiger partial charge on any atom is 0.254 e. The molecule has 2 aromatic rings. The normalized spacial score (nSPS) is 13.6. The van der Waals surface area contributed by atoms with Crippen LogP contribution in [0.4, 0.5) is 5.69 Å². The largest absolute Gasteiger partial charge is 0.334 e. The van der Waals surface area contributed by atoms with Crippen LogP contribution in [0.3, 0.4) is 0 Å². The lowest BCUT2D eigenvalue weighted by molar-refractivity contribution is -0.117. The molecule has 0 spiro atoms. The minimum atomic E-state index is 0.0148. The van der Waals surface area contributed by atoms with Crippen LogP contribution >= 0.6 is 11.3 Å². The summed E-state index contributed by atoms with van der Waals surface area (Å²) in [6.07, 6.45) is 1.97. The van der Waals surface area contributed by atoms with Crippen LogP contribution < -0.4 is 5.32 Å². The number of thiophene rings is 1. The quantitative estimate of drug-likeness (QED) is 0.878. The van der Waals surface area contributed by atoms with Gasteiger partial charge in [-0.1, -0.05) is 6.07 Å². The number of nitrogens with zero attached hydrogens (tertiary/aromatic N) is 1. The molecule has 1 saturated carbocycles. The summed E-state index contributed by atoms with van der Waals surface area (Å²) < 4.78 is 0. The zero-order chi connectivity index (χ0) is 16.2. The highest BCUT2D eigenvalue weighted by Crippen LogP contribution is 2.30. The van der Waals surface area contributed by atoms with Crippen molar-refractivity contribution >= 4 is 28.8 Å².